The highest BCUT2D eigenvalue weighted by atomic mass is 19.3. The molecule has 1 aliphatic heterocycles. The van der Waals surface area contributed by atoms with Crippen LogP contribution in [0.4, 0.5) is 14.5 Å². The lowest BCUT2D eigenvalue weighted by molar-refractivity contribution is -0.115. The molecule has 116 valence electrons. The first-order valence-corrected chi connectivity index (χ1v) is 7.57. The van der Waals surface area contributed by atoms with Gasteiger partial charge in [-0.3, -0.25) is 4.79 Å². The molecule has 0 fully saturated rings. The van der Waals surface area contributed by atoms with Gasteiger partial charge in [-0.1, -0.05) is 29.8 Å². The van der Waals surface area contributed by atoms with Crippen LogP contribution < -0.4 is 5.32 Å². The normalized spacial score (nSPS) is 15.9. The number of aryl methyl sites for hydroxylation is 1. The second kappa shape index (κ2) is 5.01. The Balaban J connectivity index is 1.94. The van der Waals surface area contributed by atoms with Crippen molar-refractivity contribution in [1.82, 2.24) is 0 Å². The van der Waals surface area contributed by atoms with Crippen molar-refractivity contribution >= 4 is 22.7 Å². The van der Waals surface area contributed by atoms with Crippen LogP contribution in [0.5, 0.6) is 0 Å². The van der Waals surface area contributed by atoms with Crippen molar-refractivity contribution in [3.05, 3.63) is 64.2 Å². The van der Waals surface area contributed by atoms with E-state index in [2.05, 4.69) is 17.4 Å². The summed E-state index contributed by atoms with van der Waals surface area (Å²) in [7, 11) is 0. The van der Waals surface area contributed by atoms with Crippen LogP contribution in [0.1, 0.15) is 40.7 Å². The predicted octanol–water partition coefficient (Wildman–Crippen LogP) is 4.74. The number of hydrogen-bond acceptors (Lipinski definition) is 1. The number of rotatable bonds is 1. The Kier molecular flexibility index (Phi) is 3.08. The molecule has 0 saturated carbocycles. The lowest BCUT2D eigenvalue weighted by Gasteiger charge is -2.12. The van der Waals surface area contributed by atoms with Crippen LogP contribution in [0.2, 0.25) is 0 Å². The molecular weight excluding hydrogens is 296 g/mol. The molecule has 2 aliphatic rings. The van der Waals surface area contributed by atoms with E-state index in [-0.39, 0.29) is 17.9 Å². The third-order valence-electron chi connectivity index (χ3n) is 4.55. The van der Waals surface area contributed by atoms with E-state index in [0.717, 1.165) is 33.4 Å². The SMILES string of the molecule is Cc1ccc2c(c1)C1=C(C2)c2cc(C(F)F)ccc2NC(=O)C1. The summed E-state index contributed by atoms with van der Waals surface area (Å²) in [6, 6.07) is 10.7. The van der Waals surface area contributed by atoms with E-state index in [4.69, 9.17) is 0 Å². The first-order valence-electron chi connectivity index (χ1n) is 7.57. The van der Waals surface area contributed by atoms with E-state index in [9.17, 15) is 13.6 Å². The summed E-state index contributed by atoms with van der Waals surface area (Å²) >= 11 is 0. The van der Waals surface area contributed by atoms with Gasteiger partial charge < -0.3 is 5.32 Å². The molecule has 0 radical (unpaired) electrons. The molecular formula is C19H15F2NO. The molecule has 4 heteroatoms. The van der Waals surface area contributed by atoms with Gasteiger partial charge in [0.1, 0.15) is 0 Å². The molecule has 23 heavy (non-hydrogen) atoms. The Bertz CT molecular complexity index is 868. The summed E-state index contributed by atoms with van der Waals surface area (Å²) in [4.78, 5) is 12.2. The van der Waals surface area contributed by atoms with Crippen molar-refractivity contribution in [2.45, 2.75) is 26.2 Å². The van der Waals surface area contributed by atoms with Crippen molar-refractivity contribution in [2.75, 3.05) is 5.32 Å². The Hall–Kier alpha value is -2.49. The topological polar surface area (TPSA) is 29.1 Å². The van der Waals surface area contributed by atoms with Crippen LogP contribution in [-0.4, -0.2) is 5.91 Å². The summed E-state index contributed by atoms with van der Waals surface area (Å²) in [5.41, 5.74) is 6.64. The predicted molar refractivity (Wildman–Crippen MR) is 86.3 cm³/mol. The summed E-state index contributed by atoms with van der Waals surface area (Å²) in [6.45, 7) is 2.01. The minimum atomic E-state index is -2.52. The van der Waals surface area contributed by atoms with Gasteiger partial charge in [-0.05, 0) is 47.8 Å². The molecule has 2 nitrogen and oxygen atoms in total. The second-order valence-electron chi connectivity index (χ2n) is 6.13. The van der Waals surface area contributed by atoms with Gasteiger partial charge in [0.15, 0.2) is 0 Å². The van der Waals surface area contributed by atoms with Crippen LogP contribution in [-0.2, 0) is 11.2 Å². The quantitative estimate of drug-likeness (QED) is 0.809. The van der Waals surface area contributed by atoms with Crippen molar-refractivity contribution in [2.24, 2.45) is 0 Å². The van der Waals surface area contributed by atoms with Gasteiger partial charge in [-0.15, -0.1) is 0 Å². The molecule has 0 bridgehead atoms. The molecule has 1 N–H and O–H groups in total. The number of nitrogens with one attached hydrogen (secondary N) is 1. The van der Waals surface area contributed by atoms with E-state index < -0.39 is 6.43 Å². The summed E-state index contributed by atoms with van der Waals surface area (Å²) in [5.74, 6) is -0.101. The average molecular weight is 311 g/mol. The minimum absolute atomic E-state index is 0.0149. The smallest absolute Gasteiger partial charge is 0.263 e. The zero-order valence-corrected chi connectivity index (χ0v) is 12.6. The number of alkyl halides is 2. The number of fused-ring (bicyclic) bond motifs is 4. The average Bonchev–Trinajstić information content (AvgIpc) is 2.78. The maximum absolute atomic E-state index is 13.1. The van der Waals surface area contributed by atoms with Crippen molar-refractivity contribution < 1.29 is 13.6 Å². The van der Waals surface area contributed by atoms with Gasteiger partial charge in [0.05, 0.1) is 6.42 Å². The van der Waals surface area contributed by atoms with Crippen LogP contribution in [0, 0.1) is 6.92 Å². The number of hydrogen-bond donors (Lipinski definition) is 1. The molecule has 0 aromatic heterocycles. The maximum atomic E-state index is 13.1. The van der Waals surface area contributed by atoms with E-state index in [1.165, 1.54) is 12.1 Å². The minimum Gasteiger partial charge on any atom is -0.325 e. The standard InChI is InChI=1S/C19H15F2NO/c1-10-2-3-11-7-14-15(13(11)6-10)9-18(23)22-17-5-4-12(19(20)21)8-16(14)17/h2-6,8,19H,7,9H2,1H3,(H,22,23). The Labute approximate surface area is 132 Å². The van der Waals surface area contributed by atoms with E-state index in [1.54, 1.807) is 6.07 Å². The first-order chi connectivity index (χ1) is 11.0. The number of carbonyl (C=O) groups excluding carboxylic acids is 1. The summed E-state index contributed by atoms with van der Waals surface area (Å²) in [5, 5.41) is 2.84. The fourth-order valence-electron chi connectivity index (χ4n) is 3.46. The lowest BCUT2D eigenvalue weighted by atomic mass is 9.96. The fourth-order valence-corrected chi connectivity index (χ4v) is 3.46. The largest absolute Gasteiger partial charge is 0.325 e. The number of carbonyl (C=O) groups is 1. The molecule has 0 saturated heterocycles. The monoisotopic (exact) mass is 311 g/mol. The maximum Gasteiger partial charge on any atom is 0.263 e. The Morgan fingerprint density at radius 1 is 1.00 bits per heavy atom. The van der Waals surface area contributed by atoms with Crippen molar-refractivity contribution in [1.29, 1.82) is 0 Å². The highest BCUT2D eigenvalue weighted by molar-refractivity contribution is 6.12. The molecule has 0 spiro atoms. The van der Waals surface area contributed by atoms with Crippen LogP contribution in [0.15, 0.2) is 36.4 Å². The van der Waals surface area contributed by atoms with Crippen molar-refractivity contribution in [3.8, 4) is 0 Å². The Morgan fingerprint density at radius 2 is 1.78 bits per heavy atom. The third kappa shape index (κ3) is 2.25. The van der Waals surface area contributed by atoms with Crippen molar-refractivity contribution in [3.63, 3.8) is 0 Å². The zero-order valence-electron chi connectivity index (χ0n) is 12.6. The molecule has 1 heterocycles. The Morgan fingerprint density at radius 3 is 2.57 bits per heavy atom. The number of anilines is 1. The van der Waals surface area contributed by atoms with Crippen LogP contribution in [0.3, 0.4) is 0 Å². The molecule has 1 aliphatic carbocycles. The molecule has 0 unspecified atom stereocenters. The van der Waals surface area contributed by atoms with E-state index >= 15 is 0 Å². The van der Waals surface area contributed by atoms with E-state index in [0.29, 0.717) is 12.1 Å². The summed E-state index contributed by atoms with van der Waals surface area (Å²) in [6.07, 6.45) is -1.56. The highest BCUT2D eigenvalue weighted by Crippen LogP contribution is 2.45. The fraction of sp³-hybridized carbons (Fsp3) is 0.211. The zero-order chi connectivity index (χ0) is 16.1. The molecule has 2 aromatic rings. The molecule has 1 amide bonds. The van der Waals surface area contributed by atoms with Gasteiger partial charge in [0.25, 0.3) is 6.43 Å². The number of halogens is 2. The number of benzene rings is 2. The van der Waals surface area contributed by atoms with E-state index in [1.807, 2.05) is 13.0 Å². The van der Waals surface area contributed by atoms with Gasteiger partial charge in [-0.2, -0.15) is 0 Å². The lowest BCUT2D eigenvalue weighted by Crippen LogP contribution is -2.11. The number of amides is 1. The first kappa shape index (κ1) is 14.1. The molecule has 0 atom stereocenters. The number of allylic oxidation sites excluding steroid dienone is 1. The van der Waals surface area contributed by atoms with Gasteiger partial charge in [0.2, 0.25) is 5.91 Å². The third-order valence-corrected chi connectivity index (χ3v) is 4.55. The second-order valence-corrected chi connectivity index (χ2v) is 6.13. The van der Waals surface area contributed by atoms with Gasteiger partial charge >= 0.3 is 0 Å². The molecule has 4 rings (SSSR count). The highest BCUT2D eigenvalue weighted by Gasteiger charge is 2.29. The van der Waals surface area contributed by atoms with Gasteiger partial charge in [0, 0.05) is 16.8 Å². The van der Waals surface area contributed by atoms with Gasteiger partial charge in [-0.25, -0.2) is 8.78 Å². The molecule has 2 aromatic carbocycles. The van der Waals surface area contributed by atoms with Crippen LogP contribution in [0.25, 0.3) is 11.1 Å². The van der Waals surface area contributed by atoms with Crippen LogP contribution >= 0.6 is 0 Å². The summed E-state index contributed by atoms with van der Waals surface area (Å²) < 4.78 is 26.1.